The van der Waals surface area contributed by atoms with Gasteiger partial charge in [-0.1, -0.05) is 30.3 Å². The van der Waals surface area contributed by atoms with Crippen molar-refractivity contribution in [3.05, 3.63) is 78.1 Å². The first-order valence-corrected chi connectivity index (χ1v) is 7.94. The Morgan fingerprint density at radius 1 is 0.963 bits per heavy atom. The largest absolute Gasteiger partial charge is 0.418 e. The van der Waals surface area contributed by atoms with E-state index in [1.165, 1.54) is 30.6 Å². The topological polar surface area (TPSA) is 58.1 Å². The molecule has 0 aliphatic rings. The summed E-state index contributed by atoms with van der Waals surface area (Å²) in [6.07, 6.45) is -2.02. The average molecular weight is 372 g/mol. The lowest BCUT2D eigenvalue weighted by Gasteiger charge is -2.17. The molecule has 8 heteroatoms. The molecule has 27 heavy (non-hydrogen) atoms. The molecule has 0 aliphatic heterocycles. The molecule has 0 fully saturated rings. The second-order valence-electron chi connectivity index (χ2n) is 5.66. The van der Waals surface area contributed by atoms with E-state index in [4.69, 9.17) is 0 Å². The lowest BCUT2D eigenvalue weighted by atomic mass is 10.1. The number of nitrogens with one attached hydrogen (secondary N) is 1. The Morgan fingerprint density at radius 3 is 2.19 bits per heavy atom. The van der Waals surface area contributed by atoms with Crippen molar-refractivity contribution in [3.8, 4) is 0 Å². The molecule has 0 bridgehead atoms. The highest BCUT2D eigenvalue weighted by Gasteiger charge is 2.33. The number of amides is 1. The highest BCUT2D eigenvalue weighted by Crippen LogP contribution is 2.34. The van der Waals surface area contributed by atoms with Gasteiger partial charge >= 0.3 is 6.18 Å². The van der Waals surface area contributed by atoms with Crippen molar-refractivity contribution in [1.82, 2.24) is 9.97 Å². The second kappa shape index (κ2) is 7.45. The van der Waals surface area contributed by atoms with Crippen LogP contribution in [0.1, 0.15) is 15.9 Å². The van der Waals surface area contributed by atoms with Crippen LogP contribution in [-0.2, 0) is 6.18 Å². The minimum atomic E-state index is -4.57. The van der Waals surface area contributed by atoms with Gasteiger partial charge in [0.05, 0.1) is 16.8 Å². The second-order valence-corrected chi connectivity index (χ2v) is 5.66. The van der Waals surface area contributed by atoms with Gasteiger partial charge in [-0.2, -0.15) is 13.2 Å². The summed E-state index contributed by atoms with van der Waals surface area (Å²) in [6, 6.07) is 14.1. The van der Waals surface area contributed by atoms with Crippen LogP contribution in [0, 0.1) is 0 Å². The first-order chi connectivity index (χ1) is 12.9. The van der Waals surface area contributed by atoms with Crippen molar-refractivity contribution < 1.29 is 18.0 Å². The third-order valence-corrected chi connectivity index (χ3v) is 3.82. The number of anilines is 3. The maximum Gasteiger partial charge on any atom is 0.418 e. The molecule has 0 saturated heterocycles. The lowest BCUT2D eigenvalue weighted by molar-refractivity contribution is -0.136. The molecular weight excluding hydrogens is 357 g/mol. The number of para-hydroxylation sites is 2. The van der Waals surface area contributed by atoms with E-state index >= 15 is 0 Å². The number of rotatable bonds is 4. The van der Waals surface area contributed by atoms with Gasteiger partial charge in [-0.3, -0.25) is 4.79 Å². The summed E-state index contributed by atoms with van der Waals surface area (Å²) in [5.41, 5.74) is -0.328. The monoisotopic (exact) mass is 372 g/mol. The van der Waals surface area contributed by atoms with Gasteiger partial charge in [0.15, 0.2) is 0 Å². The number of carbonyl (C=O) groups is 1. The number of halogens is 3. The van der Waals surface area contributed by atoms with Crippen LogP contribution in [0.3, 0.4) is 0 Å². The lowest BCUT2D eigenvalue weighted by Crippen LogP contribution is -2.18. The molecule has 5 nitrogen and oxygen atoms in total. The Kier molecular flexibility index (Phi) is 5.07. The molecule has 0 atom stereocenters. The Labute approximate surface area is 153 Å². The summed E-state index contributed by atoms with van der Waals surface area (Å²) in [7, 11) is 1.77. The van der Waals surface area contributed by atoms with Gasteiger partial charge in [0, 0.05) is 25.1 Å². The average Bonchev–Trinajstić information content (AvgIpc) is 2.68. The number of alkyl halides is 3. The van der Waals surface area contributed by atoms with Crippen molar-refractivity contribution in [2.24, 2.45) is 0 Å². The molecule has 0 saturated carbocycles. The third kappa shape index (κ3) is 4.22. The number of carbonyl (C=O) groups excluding carboxylic acids is 1. The molecule has 138 valence electrons. The Hall–Kier alpha value is -3.42. The number of hydrogen-bond acceptors (Lipinski definition) is 4. The predicted octanol–water partition coefficient (Wildman–Crippen LogP) is 4.52. The Morgan fingerprint density at radius 2 is 1.56 bits per heavy atom. The van der Waals surface area contributed by atoms with Crippen molar-refractivity contribution in [3.63, 3.8) is 0 Å². The van der Waals surface area contributed by atoms with Crippen LogP contribution in [0.25, 0.3) is 0 Å². The molecule has 2 aromatic carbocycles. The summed E-state index contributed by atoms with van der Waals surface area (Å²) in [5, 5.41) is 2.26. The van der Waals surface area contributed by atoms with Gasteiger partial charge in [0.2, 0.25) is 5.95 Å². The van der Waals surface area contributed by atoms with Gasteiger partial charge in [-0.05, 0) is 24.3 Å². The van der Waals surface area contributed by atoms with Crippen molar-refractivity contribution in [2.45, 2.75) is 6.18 Å². The molecule has 1 heterocycles. The zero-order valence-corrected chi connectivity index (χ0v) is 14.2. The molecular formula is C19H15F3N4O. The maximum atomic E-state index is 13.0. The molecule has 1 aromatic heterocycles. The van der Waals surface area contributed by atoms with Gasteiger partial charge in [0.1, 0.15) is 0 Å². The van der Waals surface area contributed by atoms with E-state index in [9.17, 15) is 18.0 Å². The zero-order chi connectivity index (χ0) is 19.4. The Balaban J connectivity index is 1.77. The van der Waals surface area contributed by atoms with Crippen LogP contribution >= 0.6 is 0 Å². The van der Waals surface area contributed by atoms with E-state index in [0.29, 0.717) is 5.95 Å². The van der Waals surface area contributed by atoms with Gasteiger partial charge in [-0.25, -0.2) is 9.97 Å². The van der Waals surface area contributed by atoms with E-state index in [1.807, 2.05) is 30.3 Å². The number of benzene rings is 2. The quantitative estimate of drug-likeness (QED) is 0.732. The van der Waals surface area contributed by atoms with Crippen molar-refractivity contribution >= 4 is 23.2 Å². The van der Waals surface area contributed by atoms with E-state index in [2.05, 4.69) is 15.3 Å². The minimum absolute atomic E-state index is 0.0530. The summed E-state index contributed by atoms with van der Waals surface area (Å²) < 4.78 is 39.1. The normalized spacial score (nSPS) is 11.1. The van der Waals surface area contributed by atoms with Crippen LogP contribution in [0.15, 0.2) is 67.0 Å². The number of hydrogen-bond donors (Lipinski definition) is 1. The highest BCUT2D eigenvalue weighted by molar-refractivity contribution is 6.04. The predicted molar refractivity (Wildman–Crippen MR) is 95.9 cm³/mol. The fraction of sp³-hybridized carbons (Fsp3) is 0.105. The molecule has 0 radical (unpaired) electrons. The highest BCUT2D eigenvalue weighted by atomic mass is 19.4. The Bertz CT molecular complexity index is 928. The zero-order valence-electron chi connectivity index (χ0n) is 14.2. The van der Waals surface area contributed by atoms with Crippen molar-refractivity contribution in [1.29, 1.82) is 0 Å². The van der Waals surface area contributed by atoms with Crippen LogP contribution in [0.2, 0.25) is 0 Å². The van der Waals surface area contributed by atoms with Gasteiger partial charge in [-0.15, -0.1) is 0 Å². The first kappa shape index (κ1) is 18.4. The summed E-state index contributed by atoms with van der Waals surface area (Å²) in [4.78, 5) is 22.2. The smallest absolute Gasteiger partial charge is 0.321 e. The first-order valence-electron chi connectivity index (χ1n) is 7.94. The molecule has 1 N–H and O–H groups in total. The van der Waals surface area contributed by atoms with Gasteiger partial charge < -0.3 is 10.2 Å². The summed E-state index contributed by atoms with van der Waals surface area (Å²) in [6.45, 7) is 0. The molecule has 0 unspecified atom stereocenters. The van der Waals surface area contributed by atoms with Crippen LogP contribution in [0.5, 0.6) is 0 Å². The minimum Gasteiger partial charge on any atom is -0.321 e. The maximum absolute atomic E-state index is 13.0. The van der Waals surface area contributed by atoms with Crippen LogP contribution in [0.4, 0.5) is 30.5 Å². The molecule has 0 spiro atoms. The van der Waals surface area contributed by atoms with Crippen LogP contribution in [-0.4, -0.2) is 22.9 Å². The standard InChI is InChI=1S/C19H15F3N4O/c1-26(14-7-3-2-4-8-14)18-23-11-13(12-24-18)17(27)25-16-10-6-5-9-15(16)19(20,21)22/h2-12H,1H3,(H,25,27). The van der Waals surface area contributed by atoms with Gasteiger partial charge in [0.25, 0.3) is 5.91 Å². The van der Waals surface area contributed by atoms with E-state index in [1.54, 1.807) is 11.9 Å². The third-order valence-electron chi connectivity index (χ3n) is 3.82. The fourth-order valence-corrected chi connectivity index (χ4v) is 2.41. The van der Waals surface area contributed by atoms with Crippen molar-refractivity contribution in [2.75, 3.05) is 17.3 Å². The van der Waals surface area contributed by atoms with E-state index in [-0.39, 0.29) is 11.3 Å². The summed E-state index contributed by atoms with van der Waals surface area (Å²) >= 11 is 0. The molecule has 1 amide bonds. The van der Waals surface area contributed by atoms with Crippen LogP contribution < -0.4 is 10.2 Å². The molecule has 0 aliphatic carbocycles. The summed E-state index contributed by atoms with van der Waals surface area (Å²) in [5.74, 6) is -0.367. The SMILES string of the molecule is CN(c1ccccc1)c1ncc(C(=O)Nc2ccccc2C(F)(F)F)cn1. The number of aromatic nitrogens is 2. The number of nitrogens with zero attached hydrogens (tertiary/aromatic N) is 3. The molecule has 3 rings (SSSR count). The fourth-order valence-electron chi connectivity index (χ4n) is 2.41. The molecule has 3 aromatic rings. The van der Waals surface area contributed by atoms with E-state index in [0.717, 1.165) is 11.8 Å². The van der Waals surface area contributed by atoms with E-state index < -0.39 is 17.6 Å².